The van der Waals surface area contributed by atoms with Gasteiger partial charge in [-0.2, -0.15) is 0 Å². The summed E-state index contributed by atoms with van der Waals surface area (Å²) < 4.78 is 12.9. The van der Waals surface area contributed by atoms with Gasteiger partial charge in [0, 0.05) is 31.9 Å². The van der Waals surface area contributed by atoms with Crippen LogP contribution >= 0.6 is 0 Å². The Morgan fingerprint density at radius 3 is 2.28 bits per heavy atom. The molecule has 0 unspecified atom stereocenters. The quantitative estimate of drug-likeness (QED) is 0.741. The van der Waals surface area contributed by atoms with Gasteiger partial charge in [0.2, 0.25) is 0 Å². The van der Waals surface area contributed by atoms with E-state index >= 15 is 0 Å². The Morgan fingerprint density at radius 1 is 1.00 bits per heavy atom. The van der Waals surface area contributed by atoms with Crippen molar-refractivity contribution in [2.75, 3.05) is 37.6 Å². The summed E-state index contributed by atoms with van der Waals surface area (Å²) in [4.78, 5) is 4.88. The summed E-state index contributed by atoms with van der Waals surface area (Å²) in [6, 6.07) is 6.84. The van der Waals surface area contributed by atoms with E-state index in [2.05, 4.69) is 16.7 Å². The molecule has 0 atom stereocenters. The van der Waals surface area contributed by atoms with E-state index in [0.29, 0.717) is 0 Å². The topological polar surface area (TPSA) is 6.48 Å². The summed E-state index contributed by atoms with van der Waals surface area (Å²) in [5, 5.41) is 0. The van der Waals surface area contributed by atoms with Gasteiger partial charge in [-0.1, -0.05) is 19.8 Å². The van der Waals surface area contributed by atoms with Crippen molar-refractivity contribution in [3.8, 4) is 0 Å². The standard InChI is InChI=1S/C15H23FN2/c1-2-3-4-9-17-10-12-18(13-11-17)15-7-5-14(16)6-8-15/h5-8H,2-4,9-13H2,1H3. The Kier molecular flexibility index (Phi) is 5.00. The maximum absolute atomic E-state index is 12.9. The summed E-state index contributed by atoms with van der Waals surface area (Å²) in [5.41, 5.74) is 1.14. The fraction of sp³-hybridized carbons (Fsp3) is 0.600. The number of hydrogen-bond donors (Lipinski definition) is 0. The molecule has 1 aliphatic rings. The molecule has 3 heteroatoms. The molecule has 0 aromatic heterocycles. The molecule has 0 N–H and O–H groups in total. The molecule has 1 heterocycles. The second-order valence-electron chi connectivity index (χ2n) is 5.01. The molecule has 0 radical (unpaired) electrons. The number of nitrogens with zero attached hydrogens (tertiary/aromatic N) is 2. The Morgan fingerprint density at radius 2 is 1.67 bits per heavy atom. The molecule has 0 saturated carbocycles. The van der Waals surface area contributed by atoms with Crippen molar-refractivity contribution < 1.29 is 4.39 Å². The predicted molar refractivity (Wildman–Crippen MR) is 74.6 cm³/mol. The lowest BCUT2D eigenvalue weighted by molar-refractivity contribution is 0.252. The molecule has 18 heavy (non-hydrogen) atoms. The van der Waals surface area contributed by atoms with Crippen LogP contribution in [0.4, 0.5) is 10.1 Å². The highest BCUT2D eigenvalue weighted by Gasteiger charge is 2.16. The third-order valence-corrected chi connectivity index (χ3v) is 3.64. The van der Waals surface area contributed by atoms with Crippen molar-refractivity contribution >= 4 is 5.69 Å². The van der Waals surface area contributed by atoms with E-state index in [4.69, 9.17) is 0 Å². The first kappa shape index (κ1) is 13.3. The van der Waals surface area contributed by atoms with Crippen LogP contribution in [0.5, 0.6) is 0 Å². The molecule has 1 aliphatic heterocycles. The largest absolute Gasteiger partial charge is 0.369 e. The Labute approximate surface area is 109 Å². The molecule has 1 aromatic carbocycles. The maximum Gasteiger partial charge on any atom is 0.123 e. The van der Waals surface area contributed by atoms with Crippen LogP contribution in [0.1, 0.15) is 26.2 Å². The summed E-state index contributed by atoms with van der Waals surface area (Å²) >= 11 is 0. The van der Waals surface area contributed by atoms with Gasteiger partial charge in [-0.05, 0) is 37.2 Å². The van der Waals surface area contributed by atoms with Crippen molar-refractivity contribution in [1.82, 2.24) is 4.90 Å². The number of hydrogen-bond acceptors (Lipinski definition) is 2. The normalized spacial score (nSPS) is 17.1. The van der Waals surface area contributed by atoms with Gasteiger partial charge in [0.1, 0.15) is 5.82 Å². The van der Waals surface area contributed by atoms with E-state index in [-0.39, 0.29) is 5.82 Å². The summed E-state index contributed by atoms with van der Waals surface area (Å²) in [6.45, 7) is 7.83. The van der Waals surface area contributed by atoms with Crippen LogP contribution in [0.2, 0.25) is 0 Å². The van der Waals surface area contributed by atoms with Crippen molar-refractivity contribution in [2.45, 2.75) is 26.2 Å². The van der Waals surface area contributed by atoms with Gasteiger partial charge in [-0.15, -0.1) is 0 Å². The lowest BCUT2D eigenvalue weighted by Gasteiger charge is -2.36. The number of unbranched alkanes of at least 4 members (excludes halogenated alkanes) is 2. The number of piperazine rings is 1. The first-order chi connectivity index (χ1) is 8.79. The van der Waals surface area contributed by atoms with E-state index in [9.17, 15) is 4.39 Å². The predicted octanol–water partition coefficient (Wildman–Crippen LogP) is 3.14. The van der Waals surface area contributed by atoms with Gasteiger partial charge < -0.3 is 4.90 Å². The number of anilines is 1. The zero-order valence-corrected chi connectivity index (χ0v) is 11.2. The molecule has 0 spiro atoms. The van der Waals surface area contributed by atoms with Crippen LogP contribution in [-0.4, -0.2) is 37.6 Å². The Bertz CT molecular complexity index is 342. The highest BCUT2D eigenvalue weighted by Crippen LogP contribution is 2.17. The molecule has 2 nitrogen and oxygen atoms in total. The average Bonchev–Trinajstić information content (AvgIpc) is 2.41. The number of halogens is 1. The van der Waals surface area contributed by atoms with Crippen molar-refractivity contribution in [1.29, 1.82) is 0 Å². The molecule has 0 amide bonds. The minimum absolute atomic E-state index is 0.156. The highest BCUT2D eigenvalue weighted by molar-refractivity contribution is 5.46. The van der Waals surface area contributed by atoms with Crippen LogP contribution < -0.4 is 4.90 Å². The van der Waals surface area contributed by atoms with Gasteiger partial charge in [0.15, 0.2) is 0 Å². The molecular weight excluding hydrogens is 227 g/mol. The van der Waals surface area contributed by atoms with E-state index in [0.717, 1.165) is 31.9 Å². The number of benzene rings is 1. The zero-order chi connectivity index (χ0) is 12.8. The molecule has 0 aliphatic carbocycles. The molecule has 1 fully saturated rings. The fourth-order valence-corrected chi connectivity index (χ4v) is 2.47. The highest BCUT2D eigenvalue weighted by atomic mass is 19.1. The minimum atomic E-state index is -0.156. The van der Waals surface area contributed by atoms with Gasteiger partial charge in [0.05, 0.1) is 0 Å². The van der Waals surface area contributed by atoms with E-state index in [1.54, 1.807) is 12.1 Å². The van der Waals surface area contributed by atoms with Gasteiger partial charge in [-0.3, -0.25) is 4.90 Å². The maximum atomic E-state index is 12.9. The zero-order valence-electron chi connectivity index (χ0n) is 11.2. The smallest absolute Gasteiger partial charge is 0.123 e. The van der Waals surface area contributed by atoms with Crippen molar-refractivity contribution in [3.05, 3.63) is 30.1 Å². The van der Waals surface area contributed by atoms with Gasteiger partial charge in [-0.25, -0.2) is 4.39 Å². The van der Waals surface area contributed by atoms with E-state index in [1.165, 1.54) is 25.8 Å². The average molecular weight is 250 g/mol. The minimum Gasteiger partial charge on any atom is -0.369 e. The summed E-state index contributed by atoms with van der Waals surface area (Å²) in [7, 11) is 0. The first-order valence-corrected chi connectivity index (χ1v) is 7.02. The van der Waals surface area contributed by atoms with Crippen molar-refractivity contribution in [3.63, 3.8) is 0 Å². The van der Waals surface area contributed by atoms with Crippen LogP contribution in [0, 0.1) is 5.82 Å². The number of rotatable bonds is 5. The SMILES string of the molecule is CCCCCN1CCN(c2ccc(F)cc2)CC1. The second kappa shape index (κ2) is 6.74. The van der Waals surface area contributed by atoms with Crippen LogP contribution in [0.3, 0.4) is 0 Å². The lowest BCUT2D eigenvalue weighted by Crippen LogP contribution is -2.46. The first-order valence-electron chi connectivity index (χ1n) is 7.02. The third-order valence-electron chi connectivity index (χ3n) is 3.64. The van der Waals surface area contributed by atoms with Gasteiger partial charge >= 0.3 is 0 Å². The molecule has 0 bridgehead atoms. The molecule has 100 valence electrons. The van der Waals surface area contributed by atoms with Crippen molar-refractivity contribution in [2.24, 2.45) is 0 Å². The molecular formula is C15H23FN2. The fourth-order valence-electron chi connectivity index (χ4n) is 2.47. The lowest BCUT2D eigenvalue weighted by atomic mass is 10.2. The third kappa shape index (κ3) is 3.70. The van der Waals surface area contributed by atoms with Crippen LogP contribution in [0.25, 0.3) is 0 Å². The Hall–Kier alpha value is -1.09. The summed E-state index contributed by atoms with van der Waals surface area (Å²) in [5.74, 6) is -0.156. The molecule has 1 aromatic rings. The monoisotopic (exact) mass is 250 g/mol. The van der Waals surface area contributed by atoms with E-state index < -0.39 is 0 Å². The van der Waals surface area contributed by atoms with Crippen LogP contribution in [0.15, 0.2) is 24.3 Å². The van der Waals surface area contributed by atoms with E-state index in [1.807, 2.05) is 12.1 Å². The second-order valence-corrected chi connectivity index (χ2v) is 5.01. The van der Waals surface area contributed by atoms with Crippen LogP contribution in [-0.2, 0) is 0 Å². The Balaban J connectivity index is 1.77. The molecule has 2 rings (SSSR count). The summed E-state index contributed by atoms with van der Waals surface area (Å²) in [6.07, 6.45) is 3.93. The van der Waals surface area contributed by atoms with Gasteiger partial charge in [0.25, 0.3) is 0 Å². The molecule has 1 saturated heterocycles.